The highest BCUT2D eigenvalue weighted by Gasteiger charge is 2.94. The Hall–Kier alpha value is -1.79. The summed E-state index contributed by atoms with van der Waals surface area (Å²) in [6.45, 7) is -5.80. The van der Waals surface area contributed by atoms with Gasteiger partial charge in [0.2, 0.25) is 0 Å². The van der Waals surface area contributed by atoms with E-state index >= 15 is 0 Å². The highest BCUT2D eigenvalue weighted by atomic mass is 19.4. The normalized spacial score (nSPS) is 27.2. The Kier molecular flexibility index (Phi) is 10.8. The van der Waals surface area contributed by atoms with Gasteiger partial charge in [0.25, 0.3) is 0 Å². The molecule has 0 spiro atoms. The first-order valence-electron chi connectivity index (χ1n) is 12.8. The smallest absolute Gasteiger partial charge is 0.372 e. The van der Waals surface area contributed by atoms with Crippen molar-refractivity contribution in [3.8, 4) is 6.07 Å². The number of halogens is 16. The van der Waals surface area contributed by atoms with Gasteiger partial charge in [0.1, 0.15) is 13.2 Å². The Morgan fingerprint density at radius 1 is 0.545 bits per heavy atom. The highest BCUT2D eigenvalue weighted by molar-refractivity contribution is 5.16. The van der Waals surface area contributed by atoms with E-state index in [0.29, 0.717) is 0 Å². The second-order valence-corrected chi connectivity index (χ2v) is 10.9. The number of hydrogen-bond acceptors (Lipinski definition) is 5. The van der Waals surface area contributed by atoms with E-state index in [-0.39, 0.29) is 38.5 Å². The van der Waals surface area contributed by atoms with Crippen molar-refractivity contribution < 1.29 is 79.7 Å². The predicted molar refractivity (Wildman–Crippen MR) is 116 cm³/mol. The van der Waals surface area contributed by atoms with Crippen molar-refractivity contribution in [2.24, 2.45) is 17.4 Å². The van der Waals surface area contributed by atoms with E-state index in [9.17, 15) is 70.2 Å². The van der Waals surface area contributed by atoms with Crippen LogP contribution in [0.4, 0.5) is 70.2 Å². The first kappa shape index (κ1) is 38.4. The molecule has 0 heterocycles. The van der Waals surface area contributed by atoms with Gasteiger partial charge in [0.05, 0.1) is 18.3 Å². The van der Waals surface area contributed by atoms with Crippen molar-refractivity contribution >= 4 is 0 Å². The monoisotopic (exact) mass is 681 g/mol. The second kappa shape index (κ2) is 12.4. The molecule has 2 fully saturated rings. The lowest BCUT2D eigenvalue weighted by Gasteiger charge is -2.44. The van der Waals surface area contributed by atoms with Gasteiger partial charge >= 0.3 is 47.4 Å². The third-order valence-electron chi connectivity index (χ3n) is 7.61. The number of nitriles is 1. The molecular weight excluding hydrogens is 654 g/mol. The number of hydrogen-bond donors (Lipinski definition) is 2. The summed E-state index contributed by atoms with van der Waals surface area (Å²) in [6.07, 6.45) is -4.11. The van der Waals surface area contributed by atoms with Gasteiger partial charge in [0.15, 0.2) is 0 Å². The average molecular weight is 681 g/mol. The maximum atomic E-state index is 14.2. The fraction of sp³-hybridized carbons (Fsp3) is 0.957. The zero-order valence-corrected chi connectivity index (χ0v) is 22.2. The third kappa shape index (κ3) is 6.41. The second-order valence-electron chi connectivity index (χ2n) is 10.9. The molecule has 5 nitrogen and oxygen atoms in total. The molecule has 2 rings (SSSR count). The van der Waals surface area contributed by atoms with Crippen LogP contribution >= 0.6 is 0 Å². The molecule has 0 aromatic carbocycles. The molecule has 258 valence electrons. The quantitative estimate of drug-likeness (QED) is 0.220. The Morgan fingerprint density at radius 3 is 1.34 bits per heavy atom. The van der Waals surface area contributed by atoms with Crippen LogP contribution in [0.5, 0.6) is 0 Å². The maximum Gasteiger partial charge on any atom is 0.385 e. The van der Waals surface area contributed by atoms with Crippen molar-refractivity contribution in [3.63, 3.8) is 0 Å². The number of nitrogens with two attached hydrogens (primary N) is 2. The lowest BCUT2D eigenvalue weighted by Crippen LogP contribution is -2.75. The van der Waals surface area contributed by atoms with E-state index < -0.39 is 97.2 Å². The van der Waals surface area contributed by atoms with Gasteiger partial charge in [0, 0.05) is 18.0 Å². The zero-order valence-electron chi connectivity index (χ0n) is 22.2. The molecule has 2 aliphatic rings. The van der Waals surface area contributed by atoms with Crippen LogP contribution in [0.3, 0.4) is 0 Å². The summed E-state index contributed by atoms with van der Waals surface area (Å²) >= 11 is 0. The summed E-state index contributed by atoms with van der Waals surface area (Å²) in [6, 6.07) is -0.274. The summed E-state index contributed by atoms with van der Waals surface area (Å²) in [5.74, 6) is -62.7. The minimum Gasteiger partial charge on any atom is -0.372 e. The van der Waals surface area contributed by atoms with Crippen molar-refractivity contribution in [2.45, 2.75) is 117 Å². The van der Waals surface area contributed by atoms with Gasteiger partial charge in [-0.05, 0) is 44.9 Å². The van der Waals surface area contributed by atoms with Crippen molar-refractivity contribution in [3.05, 3.63) is 0 Å². The summed E-state index contributed by atoms with van der Waals surface area (Å²) < 4.78 is 235. The zero-order chi connectivity index (χ0) is 34.4. The lowest BCUT2D eigenvalue weighted by molar-refractivity contribution is -0.455. The minimum absolute atomic E-state index is 0.0520. The molecule has 3 unspecified atom stereocenters. The topological polar surface area (TPSA) is 94.3 Å². The molecule has 0 aromatic rings. The predicted octanol–water partition coefficient (Wildman–Crippen LogP) is 6.39. The molecule has 0 bridgehead atoms. The largest absolute Gasteiger partial charge is 0.385 e. The van der Waals surface area contributed by atoms with E-state index in [1.807, 2.05) is 0 Å². The lowest BCUT2D eigenvalue weighted by atomic mass is 9.87. The number of ether oxygens (including phenoxy) is 2. The van der Waals surface area contributed by atoms with Crippen LogP contribution in [0.15, 0.2) is 0 Å². The molecule has 0 amide bonds. The first-order valence-corrected chi connectivity index (χ1v) is 12.8. The van der Waals surface area contributed by atoms with Crippen molar-refractivity contribution in [1.29, 1.82) is 5.26 Å². The summed E-state index contributed by atoms with van der Waals surface area (Å²) in [5, 5.41) is 8.74. The summed E-state index contributed by atoms with van der Waals surface area (Å²) in [7, 11) is 0. The first-order chi connectivity index (χ1) is 19.6. The van der Waals surface area contributed by atoms with Crippen LogP contribution in [-0.4, -0.2) is 84.9 Å². The fourth-order valence-corrected chi connectivity index (χ4v) is 4.60. The van der Waals surface area contributed by atoms with E-state index in [4.69, 9.17) is 16.7 Å². The van der Waals surface area contributed by atoms with Gasteiger partial charge < -0.3 is 20.9 Å². The van der Waals surface area contributed by atoms with Crippen molar-refractivity contribution in [2.75, 3.05) is 13.2 Å². The summed E-state index contributed by atoms with van der Waals surface area (Å²) in [4.78, 5) is 0. The Balaban J connectivity index is 2.32. The highest BCUT2D eigenvalue weighted by Crippen LogP contribution is 2.64. The number of rotatable bonds is 13. The molecule has 0 aliphatic heterocycles. The van der Waals surface area contributed by atoms with Gasteiger partial charge in [-0.2, -0.15) is 75.5 Å². The maximum absolute atomic E-state index is 14.2. The van der Waals surface area contributed by atoms with E-state index in [0.717, 1.165) is 0 Å². The Labute approximate surface area is 239 Å². The fourth-order valence-electron chi connectivity index (χ4n) is 4.60. The van der Waals surface area contributed by atoms with Crippen LogP contribution in [0.1, 0.15) is 44.9 Å². The number of alkyl halides is 16. The standard InChI is InChI=1S/C23H27F16N3O2/c24-16(25,9-43-13-4-1-11(8-40)2-5-13)18(28,29)20(32,33)22(36,37)23(38,39)21(34,35)19(30,31)17(26,27)10-44-15-7-12(41)3-6-14(15)42/h11-15H,1-7,9-10,41-42H2. The average Bonchev–Trinajstić information content (AvgIpc) is 2.91. The van der Waals surface area contributed by atoms with Gasteiger partial charge in [-0.25, -0.2) is 0 Å². The molecule has 2 saturated carbocycles. The van der Waals surface area contributed by atoms with E-state index in [1.54, 1.807) is 6.07 Å². The van der Waals surface area contributed by atoms with Gasteiger partial charge in [-0.3, -0.25) is 0 Å². The van der Waals surface area contributed by atoms with Crippen molar-refractivity contribution in [1.82, 2.24) is 0 Å². The molecule has 21 heteroatoms. The molecule has 2 aliphatic carbocycles. The summed E-state index contributed by atoms with van der Waals surface area (Å²) in [5.41, 5.74) is 11.0. The number of nitrogens with zero attached hydrogens (tertiary/aromatic N) is 1. The van der Waals surface area contributed by atoms with Crippen LogP contribution in [0.2, 0.25) is 0 Å². The van der Waals surface area contributed by atoms with Gasteiger partial charge in [-0.1, -0.05) is 0 Å². The minimum atomic E-state index is -8.52. The van der Waals surface area contributed by atoms with Gasteiger partial charge in [-0.15, -0.1) is 0 Å². The van der Waals surface area contributed by atoms with Crippen LogP contribution in [-0.2, 0) is 9.47 Å². The Morgan fingerprint density at radius 2 is 0.932 bits per heavy atom. The third-order valence-corrected chi connectivity index (χ3v) is 7.61. The molecular formula is C23H27F16N3O2. The van der Waals surface area contributed by atoms with E-state index in [1.165, 1.54) is 0 Å². The molecule has 4 N–H and O–H groups in total. The molecule has 0 aromatic heterocycles. The molecule has 0 radical (unpaired) electrons. The SMILES string of the molecule is N#CC1CCC(OCC(F)(F)C(F)(F)C(F)(F)C(F)(F)C(F)(F)C(F)(F)C(F)(F)C(F)(F)COC2CC(N)CCC2N)CC1. The van der Waals surface area contributed by atoms with Crippen LogP contribution in [0, 0.1) is 17.2 Å². The van der Waals surface area contributed by atoms with E-state index in [2.05, 4.69) is 9.47 Å². The molecule has 3 atom stereocenters. The van der Waals surface area contributed by atoms with Crippen LogP contribution in [0.25, 0.3) is 0 Å². The Bertz CT molecular complexity index is 1030. The molecule has 0 saturated heterocycles. The molecule has 44 heavy (non-hydrogen) atoms. The van der Waals surface area contributed by atoms with Crippen LogP contribution < -0.4 is 11.5 Å².